The van der Waals surface area contributed by atoms with Crippen LogP contribution in [0.4, 0.5) is 0 Å². The van der Waals surface area contributed by atoms with Gasteiger partial charge in [0.2, 0.25) is 0 Å². The summed E-state index contributed by atoms with van der Waals surface area (Å²) in [5.41, 5.74) is 9.95. The topological polar surface area (TPSA) is 75.1 Å². The van der Waals surface area contributed by atoms with Crippen molar-refractivity contribution in [3.63, 3.8) is 0 Å². The van der Waals surface area contributed by atoms with Crippen molar-refractivity contribution in [2.24, 2.45) is 5.11 Å². The van der Waals surface area contributed by atoms with E-state index in [9.17, 15) is 4.79 Å². The minimum Gasteiger partial charge on any atom is -0.426 e. The van der Waals surface area contributed by atoms with E-state index in [0.717, 1.165) is 11.8 Å². The summed E-state index contributed by atoms with van der Waals surface area (Å²) in [6.07, 6.45) is 1.16. The molecule has 0 saturated heterocycles. The van der Waals surface area contributed by atoms with E-state index < -0.39 is 5.97 Å². The molecule has 0 amide bonds. The first-order valence-electron chi connectivity index (χ1n) is 4.80. The van der Waals surface area contributed by atoms with Crippen molar-refractivity contribution in [1.82, 2.24) is 0 Å². The number of azide groups is 1. The van der Waals surface area contributed by atoms with E-state index in [0.29, 0.717) is 11.3 Å². The fourth-order valence-corrected chi connectivity index (χ4v) is 1.38. The molecule has 0 fully saturated rings. The molecule has 0 aromatic heterocycles. The van der Waals surface area contributed by atoms with Crippen LogP contribution in [0.5, 0.6) is 0 Å². The summed E-state index contributed by atoms with van der Waals surface area (Å²) in [7, 11) is 0. The quantitative estimate of drug-likeness (QED) is 0.222. The van der Waals surface area contributed by atoms with E-state index in [2.05, 4.69) is 22.7 Å². The Bertz CT molecular complexity index is 476. The smallest absolute Gasteiger partial charge is 0.308 e. The molecule has 0 spiro atoms. The van der Waals surface area contributed by atoms with Crippen LogP contribution < -0.4 is 0 Å². The molecule has 0 bridgehead atoms. The van der Waals surface area contributed by atoms with Gasteiger partial charge in [0.25, 0.3) is 0 Å². The van der Waals surface area contributed by atoms with E-state index in [4.69, 9.17) is 10.3 Å². The zero-order chi connectivity index (χ0) is 12.7. The number of rotatable bonds is 4. The molecular weight excluding hydrogens is 238 g/mol. The van der Waals surface area contributed by atoms with Crippen LogP contribution >= 0.6 is 12.6 Å². The van der Waals surface area contributed by atoms with Gasteiger partial charge in [-0.15, -0.1) is 0 Å². The number of hydrogen-bond donors (Lipinski definition) is 1. The minimum absolute atomic E-state index is 0.223. The van der Waals surface area contributed by atoms with E-state index in [1.807, 2.05) is 12.1 Å². The maximum absolute atomic E-state index is 10.9. The first-order chi connectivity index (χ1) is 8.17. The third kappa shape index (κ3) is 4.22. The van der Waals surface area contributed by atoms with Crippen LogP contribution in [0.15, 0.2) is 35.6 Å². The fourth-order valence-electron chi connectivity index (χ4n) is 1.17. The van der Waals surface area contributed by atoms with Gasteiger partial charge in [0, 0.05) is 29.4 Å². The van der Waals surface area contributed by atoms with Crippen LogP contribution in [-0.4, -0.2) is 5.97 Å². The Morgan fingerprint density at radius 2 is 2.18 bits per heavy atom. The maximum atomic E-state index is 10.9. The van der Waals surface area contributed by atoms with Gasteiger partial charge in [-0.05, 0) is 11.1 Å². The van der Waals surface area contributed by atoms with Crippen molar-refractivity contribution in [2.45, 2.75) is 12.7 Å². The molecule has 0 aliphatic heterocycles. The average molecular weight is 249 g/mol. The van der Waals surface area contributed by atoms with Gasteiger partial charge in [0.1, 0.15) is 5.76 Å². The molecule has 1 aromatic rings. The predicted octanol–water partition coefficient (Wildman–Crippen LogP) is 3.29. The lowest BCUT2D eigenvalue weighted by Crippen LogP contribution is -1.98. The van der Waals surface area contributed by atoms with Gasteiger partial charge in [0.15, 0.2) is 0 Å². The molecule has 0 heterocycles. The van der Waals surface area contributed by atoms with Crippen LogP contribution in [0.25, 0.3) is 16.2 Å². The largest absolute Gasteiger partial charge is 0.426 e. The summed E-state index contributed by atoms with van der Waals surface area (Å²) in [5, 5.41) is 3.27. The molecule has 0 atom stereocenters. The summed E-state index contributed by atoms with van der Waals surface area (Å²) >= 11 is 4.14. The molecule has 6 heteroatoms. The maximum Gasteiger partial charge on any atom is 0.308 e. The Morgan fingerprint density at radius 1 is 1.53 bits per heavy atom. The molecule has 0 unspecified atom stereocenters. The third-order valence-corrected chi connectivity index (χ3v) is 2.27. The van der Waals surface area contributed by atoms with Crippen molar-refractivity contribution in [2.75, 3.05) is 0 Å². The number of esters is 1. The van der Waals surface area contributed by atoms with Crippen molar-refractivity contribution in [3.05, 3.63) is 52.0 Å². The molecular formula is C11H11N3O2S. The Morgan fingerprint density at radius 3 is 2.65 bits per heavy atom. The van der Waals surface area contributed by atoms with Gasteiger partial charge < -0.3 is 4.74 Å². The highest BCUT2D eigenvalue weighted by Gasteiger charge is 2.05. The zero-order valence-corrected chi connectivity index (χ0v) is 10.1. The number of benzene rings is 1. The molecule has 0 N–H and O–H groups in total. The first-order valence-corrected chi connectivity index (χ1v) is 5.43. The lowest BCUT2D eigenvalue weighted by molar-refractivity contribution is -0.134. The summed E-state index contributed by atoms with van der Waals surface area (Å²) in [5.74, 6) is 0.382. The molecule has 0 aliphatic carbocycles. The molecule has 17 heavy (non-hydrogen) atoms. The lowest BCUT2D eigenvalue weighted by atomic mass is 10.1. The van der Waals surface area contributed by atoms with E-state index in [-0.39, 0.29) is 5.76 Å². The highest BCUT2D eigenvalue weighted by atomic mass is 32.1. The van der Waals surface area contributed by atoms with Gasteiger partial charge in [0.05, 0.1) is 0 Å². The zero-order valence-electron chi connectivity index (χ0n) is 9.20. The first kappa shape index (κ1) is 13.2. The molecule has 0 radical (unpaired) electrons. The number of carbonyl (C=O) groups excluding carboxylic acids is 1. The van der Waals surface area contributed by atoms with Crippen molar-refractivity contribution in [3.8, 4) is 0 Å². The Balaban J connectivity index is 3.03. The highest BCUT2D eigenvalue weighted by molar-refractivity contribution is 7.79. The van der Waals surface area contributed by atoms with Gasteiger partial charge in [-0.3, -0.25) is 4.79 Å². The predicted molar refractivity (Wildman–Crippen MR) is 68.0 cm³/mol. The summed E-state index contributed by atoms with van der Waals surface area (Å²) in [4.78, 5) is 13.5. The lowest BCUT2D eigenvalue weighted by Gasteiger charge is -2.06. The molecule has 5 nitrogen and oxygen atoms in total. The van der Waals surface area contributed by atoms with E-state index in [1.165, 1.54) is 6.92 Å². The second-order valence-corrected chi connectivity index (χ2v) is 3.46. The SMILES string of the molecule is CC(=O)OC(=CN=[N+]=[N-])c1ccc(CS)cc1. The number of carbonyl (C=O) groups is 1. The summed E-state index contributed by atoms with van der Waals surface area (Å²) in [6.45, 7) is 1.28. The van der Waals surface area contributed by atoms with E-state index in [1.54, 1.807) is 12.1 Å². The molecule has 88 valence electrons. The summed E-state index contributed by atoms with van der Waals surface area (Å²) < 4.78 is 4.95. The van der Waals surface area contributed by atoms with Crippen molar-refractivity contribution >= 4 is 24.4 Å². The number of ether oxygens (including phenoxy) is 1. The van der Waals surface area contributed by atoms with E-state index >= 15 is 0 Å². The monoisotopic (exact) mass is 249 g/mol. The normalized spacial score (nSPS) is 10.6. The molecule has 1 rings (SSSR count). The van der Waals surface area contributed by atoms with Gasteiger partial charge in [-0.25, -0.2) is 0 Å². The molecule has 1 aromatic carbocycles. The van der Waals surface area contributed by atoms with Gasteiger partial charge in [-0.2, -0.15) is 12.6 Å². The van der Waals surface area contributed by atoms with Crippen LogP contribution in [0.3, 0.4) is 0 Å². The molecule has 0 saturated carbocycles. The summed E-state index contributed by atoms with van der Waals surface area (Å²) in [6, 6.07) is 7.26. The second kappa shape index (κ2) is 6.62. The van der Waals surface area contributed by atoms with Crippen LogP contribution in [-0.2, 0) is 15.3 Å². The average Bonchev–Trinajstić information content (AvgIpc) is 2.34. The third-order valence-electron chi connectivity index (χ3n) is 1.90. The number of hydrogen-bond acceptors (Lipinski definition) is 4. The van der Waals surface area contributed by atoms with Crippen LogP contribution in [0.2, 0.25) is 0 Å². The van der Waals surface area contributed by atoms with Gasteiger partial charge in [-0.1, -0.05) is 29.4 Å². The second-order valence-electron chi connectivity index (χ2n) is 3.15. The number of thiol groups is 1. The van der Waals surface area contributed by atoms with Crippen molar-refractivity contribution < 1.29 is 9.53 Å². The molecule has 0 aliphatic rings. The standard InChI is InChI=1S/C11H11N3O2S/c1-8(15)16-11(6-13-14-12)10-4-2-9(7-17)3-5-10/h2-6,17H,7H2,1H3. The Hall–Kier alpha value is -1.91. The number of nitrogens with zero attached hydrogens (tertiary/aromatic N) is 3. The van der Waals surface area contributed by atoms with Crippen LogP contribution in [0, 0.1) is 0 Å². The Labute approximate surface area is 104 Å². The van der Waals surface area contributed by atoms with Crippen molar-refractivity contribution in [1.29, 1.82) is 0 Å². The van der Waals surface area contributed by atoms with Crippen LogP contribution in [0.1, 0.15) is 18.1 Å². The van der Waals surface area contributed by atoms with Gasteiger partial charge >= 0.3 is 5.97 Å². The fraction of sp³-hybridized carbons (Fsp3) is 0.182. The minimum atomic E-state index is -0.470. The Kier molecular flexibility index (Phi) is 5.13. The highest BCUT2D eigenvalue weighted by Crippen LogP contribution is 2.18.